The third-order valence-corrected chi connectivity index (χ3v) is 5.56. The fourth-order valence-corrected chi connectivity index (χ4v) is 3.84. The molecule has 0 saturated heterocycles. The lowest BCUT2D eigenvalue weighted by molar-refractivity contribution is -0.196. The predicted molar refractivity (Wildman–Crippen MR) is 112 cm³/mol. The van der Waals surface area contributed by atoms with Crippen molar-refractivity contribution in [2.75, 3.05) is 5.32 Å². The van der Waals surface area contributed by atoms with Crippen molar-refractivity contribution in [2.45, 2.75) is 18.3 Å². The molecule has 7 nitrogen and oxygen atoms in total. The molecule has 0 radical (unpaired) electrons. The number of fused-ring (bicyclic) bond motifs is 1. The molecule has 4 rings (SSSR count). The molecule has 3 N–H and O–H groups in total. The van der Waals surface area contributed by atoms with Crippen molar-refractivity contribution in [1.82, 2.24) is 14.9 Å². The number of halogens is 5. The van der Waals surface area contributed by atoms with Crippen LogP contribution in [0.25, 0.3) is 0 Å². The Kier molecular flexibility index (Phi) is 5.59. The third-order valence-electron chi connectivity index (χ3n) is 5.23. The fraction of sp³-hybridized carbons (Fsp3) is 0.143. The first-order chi connectivity index (χ1) is 15.9. The molecule has 2 heterocycles. The van der Waals surface area contributed by atoms with Gasteiger partial charge in [-0.2, -0.15) is 13.2 Å². The highest BCUT2D eigenvalue weighted by Gasteiger charge is 2.68. The summed E-state index contributed by atoms with van der Waals surface area (Å²) < 4.78 is 70.3. The summed E-state index contributed by atoms with van der Waals surface area (Å²) in [6, 6.07) is 8.48. The van der Waals surface area contributed by atoms with Gasteiger partial charge in [-0.15, -0.1) is 0 Å². The first kappa shape index (κ1) is 23.3. The number of hydrogen-bond donors (Lipinski definition) is 3. The summed E-state index contributed by atoms with van der Waals surface area (Å²) in [6.45, 7) is -0.224. The van der Waals surface area contributed by atoms with E-state index in [1.54, 1.807) is 5.32 Å². The Hall–Kier alpha value is -3.87. The van der Waals surface area contributed by atoms with Crippen LogP contribution in [0.3, 0.4) is 0 Å². The van der Waals surface area contributed by atoms with Crippen molar-refractivity contribution in [3.05, 3.63) is 92.0 Å². The SMILES string of the molecule is O=C(NC1(C(F)(F)F)C(=O)Nc2c1c(=O)[nH]c(=S)n2Cc1ccc(F)cc1)c1ccc(F)cc1. The smallest absolute Gasteiger partial charge is 0.326 e. The number of aromatic amines is 1. The minimum atomic E-state index is -5.46. The Balaban J connectivity index is 1.88. The van der Waals surface area contributed by atoms with E-state index in [1.807, 2.05) is 5.32 Å². The van der Waals surface area contributed by atoms with Gasteiger partial charge in [0.05, 0.1) is 6.54 Å². The summed E-state index contributed by atoms with van der Waals surface area (Å²) in [4.78, 5) is 40.2. The van der Waals surface area contributed by atoms with Gasteiger partial charge in [0.25, 0.3) is 22.9 Å². The van der Waals surface area contributed by atoms with Crippen LogP contribution in [-0.4, -0.2) is 27.5 Å². The molecule has 2 amide bonds. The van der Waals surface area contributed by atoms with E-state index in [1.165, 1.54) is 12.1 Å². The van der Waals surface area contributed by atoms with Crippen molar-refractivity contribution < 1.29 is 31.5 Å². The highest BCUT2D eigenvalue weighted by molar-refractivity contribution is 7.71. The maximum absolute atomic E-state index is 14.4. The second-order valence-corrected chi connectivity index (χ2v) is 7.75. The number of hydrogen-bond acceptors (Lipinski definition) is 4. The van der Waals surface area contributed by atoms with E-state index in [2.05, 4.69) is 4.98 Å². The van der Waals surface area contributed by atoms with Crippen LogP contribution in [0.5, 0.6) is 0 Å². The molecule has 13 heteroatoms. The number of anilines is 1. The van der Waals surface area contributed by atoms with Crippen LogP contribution in [0.2, 0.25) is 0 Å². The topological polar surface area (TPSA) is 96.0 Å². The molecule has 2 aromatic carbocycles. The van der Waals surface area contributed by atoms with Crippen LogP contribution in [0, 0.1) is 16.4 Å². The molecule has 1 aliphatic heterocycles. The van der Waals surface area contributed by atoms with E-state index in [4.69, 9.17) is 12.2 Å². The van der Waals surface area contributed by atoms with Crippen LogP contribution >= 0.6 is 12.2 Å². The number of carbonyl (C=O) groups is 2. The van der Waals surface area contributed by atoms with Crippen LogP contribution in [-0.2, 0) is 16.9 Å². The molecule has 0 bridgehead atoms. The molecule has 1 unspecified atom stereocenters. The average Bonchev–Trinajstić information content (AvgIpc) is 3.06. The standard InChI is InChI=1S/C21H13F5N4O3S/c22-12-5-1-10(2-6-12)9-30-15-14(17(32)28-19(30)34)20(18(33)27-15,21(24,25)26)29-16(31)11-3-7-13(23)8-4-11/h1-8H,9H2,(H,27,33)(H,29,31)(H,28,32,34). The minimum Gasteiger partial charge on any atom is -0.326 e. The highest BCUT2D eigenvalue weighted by atomic mass is 32.1. The van der Waals surface area contributed by atoms with Gasteiger partial charge in [-0.3, -0.25) is 23.9 Å². The number of rotatable bonds is 4. The molecule has 1 aliphatic rings. The summed E-state index contributed by atoms with van der Waals surface area (Å²) in [7, 11) is 0. The molecule has 0 aliphatic carbocycles. The zero-order valence-electron chi connectivity index (χ0n) is 16.8. The van der Waals surface area contributed by atoms with Gasteiger partial charge in [-0.25, -0.2) is 8.78 Å². The molecule has 176 valence electrons. The largest absolute Gasteiger partial charge is 0.425 e. The second kappa shape index (κ2) is 8.17. The van der Waals surface area contributed by atoms with Crippen molar-refractivity contribution in [1.29, 1.82) is 0 Å². The molecule has 0 fully saturated rings. The highest BCUT2D eigenvalue weighted by Crippen LogP contribution is 2.45. The van der Waals surface area contributed by atoms with Crippen molar-refractivity contribution >= 4 is 29.9 Å². The summed E-state index contributed by atoms with van der Waals surface area (Å²) in [6.07, 6.45) is -5.46. The maximum atomic E-state index is 14.4. The molecule has 34 heavy (non-hydrogen) atoms. The first-order valence-electron chi connectivity index (χ1n) is 9.52. The molecule has 1 atom stereocenters. The number of aromatic nitrogens is 2. The molecule has 0 spiro atoms. The number of carbonyl (C=O) groups excluding carboxylic acids is 2. The quantitative estimate of drug-likeness (QED) is 0.381. The van der Waals surface area contributed by atoms with Gasteiger partial charge in [0.2, 0.25) is 0 Å². The van der Waals surface area contributed by atoms with E-state index < -0.39 is 52.1 Å². The van der Waals surface area contributed by atoms with Gasteiger partial charge < -0.3 is 10.6 Å². The van der Waals surface area contributed by atoms with Crippen molar-refractivity contribution in [2.24, 2.45) is 0 Å². The number of benzene rings is 2. The van der Waals surface area contributed by atoms with Crippen LogP contribution in [0.1, 0.15) is 21.5 Å². The summed E-state index contributed by atoms with van der Waals surface area (Å²) in [5.74, 6) is -4.95. The Morgan fingerprint density at radius 3 is 2.12 bits per heavy atom. The van der Waals surface area contributed by atoms with Crippen LogP contribution in [0.15, 0.2) is 53.3 Å². The molecule has 0 saturated carbocycles. The Labute approximate surface area is 192 Å². The van der Waals surface area contributed by atoms with Crippen LogP contribution < -0.4 is 16.2 Å². The van der Waals surface area contributed by atoms with Gasteiger partial charge in [0.1, 0.15) is 23.0 Å². The Bertz CT molecular complexity index is 1410. The predicted octanol–water partition coefficient (Wildman–Crippen LogP) is 3.37. The minimum absolute atomic E-state index is 0.224. The molecular formula is C21H13F5N4O3S. The third kappa shape index (κ3) is 3.77. The molecule has 3 aromatic rings. The maximum Gasteiger partial charge on any atom is 0.425 e. The summed E-state index contributed by atoms with van der Waals surface area (Å²) >= 11 is 5.07. The van der Waals surface area contributed by atoms with E-state index in [9.17, 15) is 36.3 Å². The van der Waals surface area contributed by atoms with E-state index >= 15 is 0 Å². The number of nitrogens with one attached hydrogen (secondary N) is 3. The average molecular weight is 496 g/mol. The molecule has 1 aromatic heterocycles. The summed E-state index contributed by atoms with van der Waals surface area (Å²) in [5.41, 5.74) is -6.18. The van der Waals surface area contributed by atoms with Gasteiger partial charge in [0.15, 0.2) is 4.77 Å². The lowest BCUT2D eigenvalue weighted by atomic mass is 9.91. The van der Waals surface area contributed by atoms with Gasteiger partial charge in [-0.1, -0.05) is 12.1 Å². The number of H-pyrrole nitrogens is 1. The zero-order chi connectivity index (χ0) is 24.8. The fourth-order valence-electron chi connectivity index (χ4n) is 3.59. The monoisotopic (exact) mass is 496 g/mol. The lowest BCUT2D eigenvalue weighted by Crippen LogP contribution is -2.61. The molecular weight excluding hydrogens is 483 g/mol. The summed E-state index contributed by atoms with van der Waals surface area (Å²) in [5, 5.41) is 3.63. The Morgan fingerprint density at radius 1 is 1.00 bits per heavy atom. The number of nitrogens with zero attached hydrogens (tertiary/aromatic N) is 1. The normalized spacial score (nSPS) is 17.3. The van der Waals surface area contributed by atoms with E-state index in [0.717, 1.165) is 41.0 Å². The van der Waals surface area contributed by atoms with Gasteiger partial charge >= 0.3 is 6.18 Å². The van der Waals surface area contributed by atoms with Gasteiger partial charge in [-0.05, 0) is 54.2 Å². The second-order valence-electron chi connectivity index (χ2n) is 7.36. The first-order valence-corrected chi connectivity index (χ1v) is 9.93. The lowest BCUT2D eigenvalue weighted by Gasteiger charge is -2.30. The van der Waals surface area contributed by atoms with E-state index in [-0.39, 0.29) is 16.9 Å². The van der Waals surface area contributed by atoms with Crippen molar-refractivity contribution in [3.63, 3.8) is 0 Å². The number of alkyl halides is 3. The van der Waals surface area contributed by atoms with Crippen LogP contribution in [0.4, 0.5) is 27.8 Å². The van der Waals surface area contributed by atoms with E-state index in [0.29, 0.717) is 5.56 Å². The Morgan fingerprint density at radius 2 is 1.56 bits per heavy atom. The number of amides is 2. The van der Waals surface area contributed by atoms with Crippen molar-refractivity contribution in [3.8, 4) is 0 Å². The van der Waals surface area contributed by atoms with Gasteiger partial charge in [0, 0.05) is 5.56 Å². The zero-order valence-corrected chi connectivity index (χ0v) is 17.6.